The van der Waals surface area contributed by atoms with Gasteiger partial charge in [0.2, 0.25) is 0 Å². The van der Waals surface area contributed by atoms with E-state index >= 15 is 0 Å². The summed E-state index contributed by atoms with van der Waals surface area (Å²) in [5, 5.41) is 10.0. The Morgan fingerprint density at radius 1 is 0.808 bits per heavy atom. The van der Waals surface area contributed by atoms with Crippen molar-refractivity contribution in [2.75, 3.05) is 0 Å². The number of hydrogen-bond acceptors (Lipinski definition) is 0. The maximum absolute atomic E-state index is 2.38. The van der Waals surface area contributed by atoms with Crippen LogP contribution in [0.3, 0.4) is 0 Å². The molecule has 0 bridgehead atoms. The molecule has 26 heavy (non-hydrogen) atoms. The second-order valence-corrected chi connectivity index (χ2v) is 7.46. The molecule has 0 aromatic heterocycles. The van der Waals surface area contributed by atoms with E-state index in [0.717, 1.165) is 12.8 Å². The Labute approximate surface area is 156 Å². The van der Waals surface area contributed by atoms with Gasteiger partial charge in [0, 0.05) is 0 Å². The molecular weight excluding hydrogens is 312 g/mol. The van der Waals surface area contributed by atoms with E-state index in [1.165, 1.54) is 55.1 Å². The van der Waals surface area contributed by atoms with Crippen LogP contribution in [0.1, 0.15) is 57.6 Å². The summed E-state index contributed by atoms with van der Waals surface area (Å²) in [6.45, 7) is 9.21. The third-order valence-corrected chi connectivity index (χ3v) is 5.99. The fourth-order valence-electron chi connectivity index (χ4n) is 4.58. The van der Waals surface area contributed by atoms with Crippen LogP contribution in [0.5, 0.6) is 0 Å². The number of fused-ring (bicyclic) bond motifs is 2. The van der Waals surface area contributed by atoms with Gasteiger partial charge in [0.1, 0.15) is 0 Å². The third-order valence-electron chi connectivity index (χ3n) is 5.99. The fraction of sp³-hybridized carbons (Fsp3) is 0.308. The zero-order valence-electron chi connectivity index (χ0n) is 16.4. The molecule has 0 saturated heterocycles. The SMILES string of the molecule is CC/C=c1/cccc2c1c(CC)c1c(C(C)CC)ccc3cccc2c31. The highest BCUT2D eigenvalue weighted by Gasteiger charge is 2.18. The summed E-state index contributed by atoms with van der Waals surface area (Å²) in [6.07, 6.45) is 5.69. The van der Waals surface area contributed by atoms with E-state index in [0.29, 0.717) is 5.92 Å². The number of aryl methyl sites for hydroxylation is 1. The largest absolute Gasteiger partial charge is 0.0769 e. The van der Waals surface area contributed by atoms with Gasteiger partial charge in [-0.2, -0.15) is 0 Å². The first kappa shape index (κ1) is 17.1. The van der Waals surface area contributed by atoms with E-state index in [1.807, 2.05) is 0 Å². The van der Waals surface area contributed by atoms with Crippen molar-refractivity contribution in [1.29, 1.82) is 0 Å². The van der Waals surface area contributed by atoms with E-state index < -0.39 is 0 Å². The lowest BCUT2D eigenvalue weighted by molar-refractivity contribution is 0.739. The first-order valence-electron chi connectivity index (χ1n) is 10.1. The predicted molar refractivity (Wildman–Crippen MR) is 117 cm³/mol. The Morgan fingerprint density at radius 2 is 1.54 bits per heavy atom. The molecule has 0 fully saturated rings. The lowest BCUT2D eigenvalue weighted by Crippen LogP contribution is -2.07. The van der Waals surface area contributed by atoms with Crippen molar-refractivity contribution in [2.45, 2.75) is 52.9 Å². The highest BCUT2D eigenvalue weighted by molar-refractivity contribution is 6.24. The Bertz CT molecular complexity index is 1150. The van der Waals surface area contributed by atoms with Gasteiger partial charge in [0.15, 0.2) is 0 Å². The molecule has 0 heterocycles. The molecule has 0 radical (unpaired) electrons. The van der Waals surface area contributed by atoms with Crippen LogP contribution in [0, 0.1) is 0 Å². The summed E-state index contributed by atoms with van der Waals surface area (Å²) >= 11 is 0. The molecule has 1 atom stereocenters. The molecule has 0 amide bonds. The van der Waals surface area contributed by atoms with Crippen molar-refractivity contribution in [1.82, 2.24) is 0 Å². The minimum atomic E-state index is 0.577. The number of hydrogen-bond donors (Lipinski definition) is 0. The van der Waals surface area contributed by atoms with Crippen LogP contribution in [0.15, 0.2) is 48.5 Å². The van der Waals surface area contributed by atoms with Crippen LogP contribution in [0.25, 0.3) is 38.4 Å². The zero-order valence-corrected chi connectivity index (χ0v) is 16.4. The Hall–Kier alpha value is -2.34. The van der Waals surface area contributed by atoms with Gasteiger partial charge in [0.05, 0.1) is 0 Å². The second-order valence-electron chi connectivity index (χ2n) is 7.46. The molecule has 0 aliphatic carbocycles. The number of benzene rings is 4. The van der Waals surface area contributed by atoms with Crippen LogP contribution in [0.4, 0.5) is 0 Å². The lowest BCUT2D eigenvalue weighted by atomic mass is 9.83. The molecule has 132 valence electrons. The quantitative estimate of drug-likeness (QED) is 0.274. The summed E-state index contributed by atoms with van der Waals surface area (Å²) in [5.74, 6) is 0.577. The molecule has 4 rings (SSSR count). The van der Waals surface area contributed by atoms with Crippen molar-refractivity contribution in [3.8, 4) is 0 Å². The molecule has 0 aliphatic rings. The molecule has 0 nitrogen and oxygen atoms in total. The molecule has 4 aromatic rings. The maximum atomic E-state index is 2.38. The van der Waals surface area contributed by atoms with Gasteiger partial charge < -0.3 is 0 Å². The fourth-order valence-corrected chi connectivity index (χ4v) is 4.58. The lowest BCUT2D eigenvalue weighted by Gasteiger charge is -2.21. The van der Waals surface area contributed by atoms with Crippen LogP contribution in [-0.2, 0) is 6.42 Å². The van der Waals surface area contributed by atoms with Crippen molar-refractivity contribution in [3.05, 3.63) is 64.9 Å². The molecule has 0 heteroatoms. The predicted octanol–water partition coefficient (Wildman–Crippen LogP) is 7.13. The third kappa shape index (κ3) is 2.43. The highest BCUT2D eigenvalue weighted by Crippen LogP contribution is 2.40. The molecule has 0 saturated carbocycles. The Balaban J connectivity index is 2.37. The van der Waals surface area contributed by atoms with Crippen LogP contribution >= 0.6 is 0 Å². The summed E-state index contributed by atoms with van der Waals surface area (Å²) < 4.78 is 0. The van der Waals surface area contributed by atoms with Crippen molar-refractivity contribution in [3.63, 3.8) is 0 Å². The topological polar surface area (TPSA) is 0 Å². The van der Waals surface area contributed by atoms with E-state index in [1.54, 1.807) is 0 Å². The summed E-state index contributed by atoms with van der Waals surface area (Å²) in [6, 6.07) is 18.3. The number of rotatable bonds is 4. The molecule has 4 aromatic carbocycles. The van der Waals surface area contributed by atoms with E-state index in [-0.39, 0.29) is 0 Å². The van der Waals surface area contributed by atoms with Crippen molar-refractivity contribution in [2.24, 2.45) is 0 Å². The van der Waals surface area contributed by atoms with Crippen LogP contribution in [0.2, 0.25) is 0 Å². The standard InChI is InChI=1S/C26H28/c1-5-10-18-11-8-13-22-23-14-9-12-19-15-16-21(17(4)6-2)26(25(19)23)20(7-3)24(18)22/h8-17H,5-7H2,1-4H3/b18-10-. The first-order chi connectivity index (χ1) is 12.7. The molecule has 0 N–H and O–H groups in total. The summed E-state index contributed by atoms with van der Waals surface area (Å²) in [5.41, 5.74) is 3.04. The zero-order chi connectivity index (χ0) is 18.3. The molecular formula is C26H28. The van der Waals surface area contributed by atoms with Gasteiger partial charge >= 0.3 is 0 Å². The van der Waals surface area contributed by atoms with Gasteiger partial charge in [0.25, 0.3) is 0 Å². The summed E-state index contributed by atoms with van der Waals surface area (Å²) in [7, 11) is 0. The molecule has 0 aliphatic heterocycles. The van der Waals surface area contributed by atoms with Gasteiger partial charge in [-0.15, -0.1) is 0 Å². The summed E-state index contributed by atoms with van der Waals surface area (Å²) in [4.78, 5) is 0. The Kier molecular flexibility index (Phi) is 4.44. The molecule has 1 unspecified atom stereocenters. The first-order valence-corrected chi connectivity index (χ1v) is 10.1. The average molecular weight is 341 g/mol. The van der Waals surface area contributed by atoms with Gasteiger partial charge in [-0.3, -0.25) is 0 Å². The van der Waals surface area contributed by atoms with Gasteiger partial charge in [-0.05, 0) is 73.8 Å². The van der Waals surface area contributed by atoms with Gasteiger partial charge in [-0.25, -0.2) is 0 Å². The minimum absolute atomic E-state index is 0.577. The van der Waals surface area contributed by atoms with Crippen molar-refractivity contribution < 1.29 is 0 Å². The molecule has 0 spiro atoms. The van der Waals surface area contributed by atoms with Gasteiger partial charge in [-0.1, -0.05) is 82.3 Å². The minimum Gasteiger partial charge on any atom is -0.0769 e. The van der Waals surface area contributed by atoms with E-state index in [4.69, 9.17) is 0 Å². The second kappa shape index (κ2) is 6.76. The van der Waals surface area contributed by atoms with E-state index in [2.05, 4.69) is 82.3 Å². The maximum Gasteiger partial charge on any atom is -0.00268 e. The van der Waals surface area contributed by atoms with E-state index in [9.17, 15) is 0 Å². The normalized spacial score (nSPS) is 13.9. The van der Waals surface area contributed by atoms with Crippen molar-refractivity contribution >= 4 is 38.4 Å². The highest BCUT2D eigenvalue weighted by atomic mass is 14.2. The monoisotopic (exact) mass is 340 g/mol. The smallest absolute Gasteiger partial charge is 0.00268 e. The average Bonchev–Trinajstić information content (AvgIpc) is 2.68. The Morgan fingerprint density at radius 3 is 2.23 bits per heavy atom. The van der Waals surface area contributed by atoms with Crippen LogP contribution in [-0.4, -0.2) is 0 Å². The van der Waals surface area contributed by atoms with Crippen LogP contribution < -0.4 is 5.22 Å².